The molecule has 1 N–H and O–H groups in total. The lowest BCUT2D eigenvalue weighted by Crippen LogP contribution is -2.08. The molecular formula is C22H14N2O3. The number of carbonyl (C=O) groups is 1. The number of ether oxygens (including phenoxy) is 1. The first-order valence-corrected chi connectivity index (χ1v) is 8.52. The van der Waals surface area contributed by atoms with E-state index in [9.17, 15) is 4.79 Å². The van der Waals surface area contributed by atoms with Gasteiger partial charge in [0, 0.05) is 23.3 Å². The van der Waals surface area contributed by atoms with Gasteiger partial charge in [0.05, 0.1) is 5.56 Å². The zero-order valence-corrected chi connectivity index (χ0v) is 14.2. The van der Waals surface area contributed by atoms with Crippen LogP contribution in [0.2, 0.25) is 0 Å². The summed E-state index contributed by atoms with van der Waals surface area (Å²) in [5.74, 6) is 0.523. The highest BCUT2D eigenvalue weighted by Crippen LogP contribution is 2.27. The molecule has 0 unspecified atom stereocenters. The van der Waals surface area contributed by atoms with E-state index in [2.05, 4.69) is 9.97 Å². The fourth-order valence-electron chi connectivity index (χ4n) is 3.01. The van der Waals surface area contributed by atoms with Crippen LogP contribution in [0.25, 0.3) is 33.5 Å². The van der Waals surface area contributed by atoms with E-state index in [1.165, 1.54) is 0 Å². The standard InChI is InChI=1S/C22H14N2O3/c25-22(16-7-6-14-10-11-23-19(14)12-16)26-17-8-9-18-20(13-17)27-21(24-18)15-4-2-1-3-5-15/h1-13,23H. The predicted molar refractivity (Wildman–Crippen MR) is 103 cm³/mol. The molecule has 5 rings (SSSR count). The molecular weight excluding hydrogens is 340 g/mol. The Morgan fingerprint density at radius 1 is 0.963 bits per heavy atom. The molecule has 27 heavy (non-hydrogen) atoms. The van der Waals surface area contributed by atoms with Gasteiger partial charge >= 0.3 is 5.97 Å². The van der Waals surface area contributed by atoms with E-state index < -0.39 is 5.97 Å². The van der Waals surface area contributed by atoms with E-state index in [-0.39, 0.29) is 0 Å². The average Bonchev–Trinajstić information content (AvgIpc) is 3.34. The average molecular weight is 354 g/mol. The quantitative estimate of drug-likeness (QED) is 0.357. The van der Waals surface area contributed by atoms with E-state index in [1.54, 1.807) is 30.3 Å². The zero-order chi connectivity index (χ0) is 18.2. The predicted octanol–water partition coefficient (Wildman–Crippen LogP) is 5.20. The van der Waals surface area contributed by atoms with Crippen molar-refractivity contribution in [2.45, 2.75) is 0 Å². The second-order valence-corrected chi connectivity index (χ2v) is 6.18. The first kappa shape index (κ1) is 15.4. The van der Waals surface area contributed by atoms with E-state index in [0.29, 0.717) is 28.3 Å². The number of rotatable bonds is 3. The fraction of sp³-hybridized carbons (Fsp3) is 0. The molecule has 0 aliphatic rings. The summed E-state index contributed by atoms with van der Waals surface area (Å²) in [5, 5.41) is 1.04. The van der Waals surface area contributed by atoms with Gasteiger partial charge in [-0.3, -0.25) is 0 Å². The fourth-order valence-corrected chi connectivity index (χ4v) is 3.01. The van der Waals surface area contributed by atoms with Crippen LogP contribution >= 0.6 is 0 Å². The molecule has 5 heteroatoms. The second kappa shape index (κ2) is 6.14. The van der Waals surface area contributed by atoms with Crippen LogP contribution in [0.1, 0.15) is 10.4 Å². The van der Waals surface area contributed by atoms with Gasteiger partial charge in [0.2, 0.25) is 5.89 Å². The lowest BCUT2D eigenvalue weighted by atomic mass is 10.2. The molecule has 3 aromatic carbocycles. The van der Waals surface area contributed by atoms with Crippen LogP contribution in [-0.2, 0) is 0 Å². The van der Waals surface area contributed by atoms with Crippen molar-refractivity contribution in [3.05, 3.63) is 84.6 Å². The monoisotopic (exact) mass is 354 g/mol. The summed E-state index contributed by atoms with van der Waals surface area (Å²) in [6.07, 6.45) is 1.84. The van der Waals surface area contributed by atoms with Crippen molar-refractivity contribution in [3.63, 3.8) is 0 Å². The summed E-state index contributed by atoms with van der Waals surface area (Å²) < 4.78 is 11.3. The number of carbonyl (C=O) groups excluding carboxylic acids is 1. The number of esters is 1. The van der Waals surface area contributed by atoms with Crippen LogP contribution in [0, 0.1) is 0 Å². The maximum atomic E-state index is 12.5. The van der Waals surface area contributed by atoms with Crippen LogP contribution in [0.3, 0.4) is 0 Å². The molecule has 0 fully saturated rings. The van der Waals surface area contributed by atoms with Gasteiger partial charge < -0.3 is 14.1 Å². The molecule has 0 aliphatic carbocycles. The SMILES string of the molecule is O=C(Oc1ccc2nc(-c3ccccc3)oc2c1)c1ccc2cc[nH]c2c1. The number of H-pyrrole nitrogens is 1. The third-order valence-electron chi connectivity index (χ3n) is 4.38. The van der Waals surface area contributed by atoms with Crippen LogP contribution in [-0.4, -0.2) is 15.9 Å². The minimum absolute atomic E-state index is 0.412. The number of fused-ring (bicyclic) bond motifs is 2. The minimum atomic E-state index is -0.423. The lowest BCUT2D eigenvalue weighted by Gasteiger charge is -2.04. The van der Waals surface area contributed by atoms with Crippen molar-refractivity contribution in [3.8, 4) is 17.2 Å². The number of hydrogen-bond donors (Lipinski definition) is 1. The Balaban J connectivity index is 1.43. The lowest BCUT2D eigenvalue weighted by molar-refractivity contribution is 0.0735. The molecule has 0 atom stereocenters. The zero-order valence-electron chi connectivity index (χ0n) is 14.2. The smallest absolute Gasteiger partial charge is 0.343 e. The Labute approximate surface area is 154 Å². The van der Waals surface area contributed by atoms with E-state index in [0.717, 1.165) is 16.5 Å². The van der Waals surface area contributed by atoms with Crippen LogP contribution in [0.4, 0.5) is 0 Å². The van der Waals surface area contributed by atoms with Gasteiger partial charge in [-0.25, -0.2) is 9.78 Å². The van der Waals surface area contributed by atoms with Gasteiger partial charge in [-0.05, 0) is 47.9 Å². The number of aromatic nitrogens is 2. The maximum Gasteiger partial charge on any atom is 0.343 e. The van der Waals surface area contributed by atoms with Crippen LogP contribution in [0.15, 0.2) is 83.4 Å². The summed E-state index contributed by atoms with van der Waals surface area (Å²) in [5.41, 5.74) is 3.54. The van der Waals surface area contributed by atoms with Crippen LogP contribution in [0.5, 0.6) is 5.75 Å². The van der Waals surface area contributed by atoms with Gasteiger partial charge in [-0.15, -0.1) is 0 Å². The van der Waals surface area contributed by atoms with Gasteiger partial charge in [0.1, 0.15) is 11.3 Å². The summed E-state index contributed by atoms with van der Waals surface area (Å²) in [6.45, 7) is 0. The molecule has 130 valence electrons. The third kappa shape index (κ3) is 2.85. The molecule has 0 amide bonds. The highest BCUT2D eigenvalue weighted by Gasteiger charge is 2.13. The van der Waals surface area contributed by atoms with Crippen molar-refractivity contribution in [1.29, 1.82) is 0 Å². The number of oxazole rings is 1. The Morgan fingerprint density at radius 3 is 2.74 bits per heavy atom. The van der Waals surface area contributed by atoms with Crippen molar-refractivity contribution >= 4 is 28.0 Å². The Kier molecular flexibility index (Phi) is 3.50. The number of nitrogens with one attached hydrogen (secondary N) is 1. The van der Waals surface area contributed by atoms with Crippen molar-refractivity contribution in [2.24, 2.45) is 0 Å². The summed E-state index contributed by atoms with van der Waals surface area (Å²) in [7, 11) is 0. The van der Waals surface area contributed by atoms with Crippen molar-refractivity contribution in [1.82, 2.24) is 9.97 Å². The maximum absolute atomic E-state index is 12.5. The summed E-state index contributed by atoms with van der Waals surface area (Å²) in [4.78, 5) is 20.0. The molecule has 2 heterocycles. The minimum Gasteiger partial charge on any atom is -0.436 e. The van der Waals surface area contributed by atoms with E-state index in [1.807, 2.05) is 48.7 Å². The molecule has 0 spiro atoms. The molecule has 0 saturated heterocycles. The molecule has 0 bridgehead atoms. The highest BCUT2D eigenvalue weighted by molar-refractivity contribution is 5.95. The Bertz CT molecular complexity index is 1270. The topological polar surface area (TPSA) is 68.1 Å². The number of aromatic amines is 1. The Morgan fingerprint density at radius 2 is 1.85 bits per heavy atom. The van der Waals surface area contributed by atoms with E-state index >= 15 is 0 Å². The summed E-state index contributed by atoms with van der Waals surface area (Å²) >= 11 is 0. The number of benzene rings is 3. The molecule has 5 nitrogen and oxygen atoms in total. The molecule has 5 aromatic rings. The summed E-state index contributed by atoms with van der Waals surface area (Å²) in [6, 6.07) is 22.2. The molecule has 0 aliphatic heterocycles. The number of hydrogen-bond acceptors (Lipinski definition) is 4. The third-order valence-corrected chi connectivity index (χ3v) is 4.38. The highest BCUT2D eigenvalue weighted by atomic mass is 16.5. The first-order valence-electron chi connectivity index (χ1n) is 8.52. The largest absolute Gasteiger partial charge is 0.436 e. The van der Waals surface area contributed by atoms with Crippen molar-refractivity contribution < 1.29 is 13.9 Å². The van der Waals surface area contributed by atoms with E-state index in [4.69, 9.17) is 9.15 Å². The van der Waals surface area contributed by atoms with Crippen molar-refractivity contribution in [2.75, 3.05) is 0 Å². The van der Waals surface area contributed by atoms with Gasteiger partial charge in [-0.1, -0.05) is 24.3 Å². The van der Waals surface area contributed by atoms with Gasteiger partial charge in [0.15, 0.2) is 5.58 Å². The van der Waals surface area contributed by atoms with Gasteiger partial charge in [0.25, 0.3) is 0 Å². The number of nitrogens with zero attached hydrogens (tertiary/aromatic N) is 1. The molecule has 0 saturated carbocycles. The molecule has 2 aromatic heterocycles. The van der Waals surface area contributed by atoms with Gasteiger partial charge in [-0.2, -0.15) is 0 Å². The second-order valence-electron chi connectivity index (χ2n) is 6.18. The van der Waals surface area contributed by atoms with Crippen LogP contribution < -0.4 is 4.74 Å². The normalized spacial score (nSPS) is 11.1. The first-order chi connectivity index (χ1) is 13.3. The Hall–Kier alpha value is -3.86. The molecule has 0 radical (unpaired) electrons.